The monoisotopic (exact) mass is 221 g/mol. The summed E-state index contributed by atoms with van der Waals surface area (Å²) in [7, 11) is 0. The van der Waals surface area contributed by atoms with Gasteiger partial charge in [0.2, 0.25) is 0 Å². The molecular weight excluding hydrogens is 202 g/mol. The van der Waals surface area contributed by atoms with Crippen molar-refractivity contribution in [1.82, 2.24) is 9.97 Å². The molecule has 0 radical (unpaired) electrons. The van der Waals surface area contributed by atoms with Crippen LogP contribution in [0.2, 0.25) is 0 Å². The summed E-state index contributed by atoms with van der Waals surface area (Å²) in [5, 5.41) is 0. The highest BCUT2D eigenvalue weighted by atomic mass is 16.5. The standard InChI is InChI=1S/C12H19N3O/c1-3-10(2)12-13-8-11(9-14-12)15-4-6-16-7-5-15/h8-10H,3-7H2,1-2H3. The van der Waals surface area contributed by atoms with Crippen molar-refractivity contribution in [2.45, 2.75) is 26.2 Å². The SMILES string of the molecule is CCC(C)c1ncc(N2CCOCC2)cn1. The van der Waals surface area contributed by atoms with Crippen LogP contribution in [0.4, 0.5) is 5.69 Å². The average Bonchev–Trinajstić information content (AvgIpc) is 2.39. The van der Waals surface area contributed by atoms with E-state index in [1.54, 1.807) is 0 Å². The Bertz CT molecular complexity index is 320. The van der Waals surface area contributed by atoms with Crippen LogP contribution < -0.4 is 4.90 Å². The smallest absolute Gasteiger partial charge is 0.131 e. The molecule has 0 aliphatic carbocycles. The average molecular weight is 221 g/mol. The first-order valence-corrected chi connectivity index (χ1v) is 5.96. The summed E-state index contributed by atoms with van der Waals surface area (Å²) in [6.07, 6.45) is 4.94. The normalized spacial score (nSPS) is 18.5. The van der Waals surface area contributed by atoms with Gasteiger partial charge in [-0.2, -0.15) is 0 Å². The first-order valence-electron chi connectivity index (χ1n) is 5.96. The van der Waals surface area contributed by atoms with Crippen LogP contribution in [0.15, 0.2) is 12.4 Å². The largest absolute Gasteiger partial charge is 0.378 e. The molecule has 0 amide bonds. The van der Waals surface area contributed by atoms with Gasteiger partial charge in [0.15, 0.2) is 0 Å². The molecule has 88 valence electrons. The number of hydrogen-bond donors (Lipinski definition) is 0. The first kappa shape index (κ1) is 11.3. The van der Waals surface area contributed by atoms with Crippen LogP contribution in [0.5, 0.6) is 0 Å². The molecule has 1 aliphatic rings. The van der Waals surface area contributed by atoms with Gasteiger partial charge >= 0.3 is 0 Å². The fraction of sp³-hybridized carbons (Fsp3) is 0.667. The number of anilines is 1. The van der Waals surface area contributed by atoms with E-state index in [0.29, 0.717) is 5.92 Å². The Labute approximate surface area is 96.7 Å². The van der Waals surface area contributed by atoms with E-state index in [-0.39, 0.29) is 0 Å². The molecule has 4 heteroatoms. The third-order valence-electron chi connectivity index (χ3n) is 3.09. The molecule has 1 saturated heterocycles. The van der Waals surface area contributed by atoms with Crippen molar-refractivity contribution in [3.63, 3.8) is 0 Å². The lowest BCUT2D eigenvalue weighted by molar-refractivity contribution is 0.122. The fourth-order valence-electron chi connectivity index (χ4n) is 1.75. The van der Waals surface area contributed by atoms with Crippen molar-refractivity contribution < 1.29 is 4.74 Å². The Morgan fingerprint density at radius 1 is 1.31 bits per heavy atom. The predicted octanol–water partition coefficient (Wildman–Crippen LogP) is 1.83. The summed E-state index contributed by atoms with van der Waals surface area (Å²) < 4.78 is 5.32. The zero-order valence-corrected chi connectivity index (χ0v) is 10.0. The van der Waals surface area contributed by atoms with Crippen molar-refractivity contribution in [2.75, 3.05) is 31.2 Å². The molecule has 16 heavy (non-hydrogen) atoms. The van der Waals surface area contributed by atoms with Crippen molar-refractivity contribution in [3.8, 4) is 0 Å². The lowest BCUT2D eigenvalue weighted by Gasteiger charge is -2.28. The second-order valence-corrected chi connectivity index (χ2v) is 4.21. The summed E-state index contributed by atoms with van der Waals surface area (Å²) >= 11 is 0. The van der Waals surface area contributed by atoms with Gasteiger partial charge in [0.05, 0.1) is 31.3 Å². The van der Waals surface area contributed by atoms with E-state index in [1.165, 1.54) is 0 Å². The van der Waals surface area contributed by atoms with Gasteiger partial charge in [-0.3, -0.25) is 0 Å². The molecular formula is C12H19N3O. The molecule has 1 aliphatic heterocycles. The summed E-state index contributed by atoms with van der Waals surface area (Å²) in [4.78, 5) is 11.1. The van der Waals surface area contributed by atoms with Crippen LogP contribution >= 0.6 is 0 Å². The third-order valence-corrected chi connectivity index (χ3v) is 3.09. The van der Waals surface area contributed by atoms with Crippen LogP contribution in [0.25, 0.3) is 0 Å². The van der Waals surface area contributed by atoms with Gasteiger partial charge in [0.25, 0.3) is 0 Å². The molecule has 1 unspecified atom stereocenters. The van der Waals surface area contributed by atoms with E-state index in [2.05, 4.69) is 28.7 Å². The Morgan fingerprint density at radius 2 is 1.94 bits per heavy atom. The maximum absolute atomic E-state index is 5.32. The molecule has 0 spiro atoms. The van der Waals surface area contributed by atoms with E-state index >= 15 is 0 Å². The lowest BCUT2D eigenvalue weighted by Crippen LogP contribution is -2.36. The van der Waals surface area contributed by atoms with E-state index in [4.69, 9.17) is 4.74 Å². The van der Waals surface area contributed by atoms with E-state index in [9.17, 15) is 0 Å². The fourth-order valence-corrected chi connectivity index (χ4v) is 1.75. The minimum Gasteiger partial charge on any atom is -0.378 e. The lowest BCUT2D eigenvalue weighted by atomic mass is 10.1. The molecule has 2 heterocycles. The number of aromatic nitrogens is 2. The maximum Gasteiger partial charge on any atom is 0.131 e. The molecule has 0 saturated carbocycles. The van der Waals surface area contributed by atoms with Crippen LogP contribution in [-0.4, -0.2) is 36.3 Å². The zero-order valence-electron chi connectivity index (χ0n) is 10.0. The van der Waals surface area contributed by atoms with Gasteiger partial charge < -0.3 is 9.64 Å². The molecule has 4 nitrogen and oxygen atoms in total. The minimum atomic E-state index is 0.443. The highest BCUT2D eigenvalue weighted by Gasteiger charge is 2.12. The van der Waals surface area contributed by atoms with Crippen LogP contribution in [0.3, 0.4) is 0 Å². The highest BCUT2D eigenvalue weighted by molar-refractivity contribution is 5.42. The second kappa shape index (κ2) is 5.25. The van der Waals surface area contributed by atoms with Crippen molar-refractivity contribution >= 4 is 5.69 Å². The zero-order chi connectivity index (χ0) is 11.4. The van der Waals surface area contributed by atoms with Crippen LogP contribution in [0.1, 0.15) is 32.0 Å². The number of rotatable bonds is 3. The number of nitrogens with zero attached hydrogens (tertiary/aromatic N) is 3. The Hall–Kier alpha value is -1.16. The van der Waals surface area contributed by atoms with Crippen molar-refractivity contribution in [3.05, 3.63) is 18.2 Å². The summed E-state index contributed by atoms with van der Waals surface area (Å²) in [6, 6.07) is 0. The third kappa shape index (κ3) is 2.50. The molecule has 0 bridgehead atoms. The van der Waals surface area contributed by atoms with Gasteiger partial charge in [0.1, 0.15) is 5.82 Å². The molecule has 2 rings (SSSR count). The predicted molar refractivity (Wildman–Crippen MR) is 63.8 cm³/mol. The topological polar surface area (TPSA) is 38.2 Å². The Morgan fingerprint density at radius 3 is 2.50 bits per heavy atom. The van der Waals surface area contributed by atoms with Gasteiger partial charge in [-0.15, -0.1) is 0 Å². The first-order chi connectivity index (χ1) is 7.81. The number of ether oxygens (including phenoxy) is 1. The number of hydrogen-bond acceptors (Lipinski definition) is 4. The Kier molecular flexibility index (Phi) is 3.72. The molecule has 1 aromatic heterocycles. The number of morpholine rings is 1. The summed E-state index contributed by atoms with van der Waals surface area (Å²) in [6.45, 7) is 7.78. The maximum atomic E-state index is 5.32. The molecule has 0 N–H and O–H groups in total. The summed E-state index contributed by atoms with van der Waals surface area (Å²) in [5.74, 6) is 1.39. The van der Waals surface area contributed by atoms with E-state index < -0.39 is 0 Å². The van der Waals surface area contributed by atoms with Gasteiger partial charge in [-0.05, 0) is 6.42 Å². The van der Waals surface area contributed by atoms with E-state index in [1.807, 2.05) is 12.4 Å². The molecule has 0 aromatic carbocycles. The van der Waals surface area contributed by atoms with E-state index in [0.717, 1.165) is 44.2 Å². The van der Waals surface area contributed by atoms with Crippen molar-refractivity contribution in [2.24, 2.45) is 0 Å². The molecule has 1 atom stereocenters. The quantitative estimate of drug-likeness (QED) is 0.780. The Balaban J connectivity index is 2.06. The second-order valence-electron chi connectivity index (χ2n) is 4.21. The van der Waals surface area contributed by atoms with Gasteiger partial charge in [-0.1, -0.05) is 13.8 Å². The van der Waals surface area contributed by atoms with Crippen molar-refractivity contribution in [1.29, 1.82) is 0 Å². The van der Waals surface area contributed by atoms with Crippen LogP contribution in [0, 0.1) is 0 Å². The minimum absolute atomic E-state index is 0.443. The van der Waals surface area contributed by atoms with Gasteiger partial charge in [0, 0.05) is 19.0 Å². The molecule has 1 aromatic rings. The summed E-state index contributed by atoms with van der Waals surface area (Å²) in [5.41, 5.74) is 1.11. The molecule has 1 fully saturated rings. The van der Waals surface area contributed by atoms with Crippen LogP contribution in [-0.2, 0) is 4.74 Å². The van der Waals surface area contributed by atoms with Gasteiger partial charge in [-0.25, -0.2) is 9.97 Å². The highest BCUT2D eigenvalue weighted by Crippen LogP contribution is 2.17.